The van der Waals surface area contributed by atoms with Gasteiger partial charge in [-0.2, -0.15) is 13.2 Å². The highest BCUT2D eigenvalue weighted by Crippen LogP contribution is 2.27. The van der Waals surface area contributed by atoms with Crippen molar-refractivity contribution in [1.29, 1.82) is 0 Å². The van der Waals surface area contributed by atoms with E-state index in [-0.39, 0.29) is 11.1 Å². The van der Waals surface area contributed by atoms with E-state index in [1.54, 1.807) is 12.3 Å². The van der Waals surface area contributed by atoms with Crippen molar-refractivity contribution in [3.05, 3.63) is 58.0 Å². The Kier molecular flexibility index (Phi) is 5.08. The summed E-state index contributed by atoms with van der Waals surface area (Å²) in [5, 5.41) is 0.412. The Morgan fingerprint density at radius 2 is 1.92 bits per heavy atom. The summed E-state index contributed by atoms with van der Waals surface area (Å²) >= 11 is 0. The van der Waals surface area contributed by atoms with Crippen molar-refractivity contribution < 1.29 is 22.1 Å². The lowest BCUT2D eigenvalue weighted by molar-refractivity contribution is -0.137. The van der Waals surface area contributed by atoms with Crippen LogP contribution in [0.1, 0.15) is 23.7 Å². The second kappa shape index (κ2) is 7.14. The monoisotopic (exact) mass is 383 g/mol. The van der Waals surface area contributed by atoms with Crippen molar-refractivity contribution >= 4 is 10.8 Å². The van der Waals surface area contributed by atoms with Gasteiger partial charge in [-0.25, -0.2) is 9.98 Å². The molecule has 0 N–H and O–H groups in total. The molecule has 0 radical (unpaired) electrons. The molecule has 1 aliphatic rings. The standard InChI is InChI=1S/C17H16F3N3O2S/c1-3-25-15-6-7-21-14(10(15)2)9-26(24)16-22-12-5-4-11(17(18,19)20)8-13(12)23-16/h4-8,16H,3,9H2,1-2H3. The van der Waals surface area contributed by atoms with Gasteiger partial charge in [-0.15, -0.1) is 0 Å². The van der Waals surface area contributed by atoms with Crippen molar-refractivity contribution in [2.75, 3.05) is 6.61 Å². The zero-order valence-electron chi connectivity index (χ0n) is 14.1. The highest BCUT2D eigenvalue weighted by atomic mass is 32.2. The number of pyridine rings is 1. The number of nitrogens with zero attached hydrogens (tertiary/aromatic N) is 3. The van der Waals surface area contributed by atoms with Crippen LogP contribution in [0, 0.1) is 6.92 Å². The summed E-state index contributed by atoms with van der Waals surface area (Å²) in [6.07, 6.45) is -2.89. The Morgan fingerprint density at radius 1 is 1.19 bits per heavy atom. The van der Waals surface area contributed by atoms with E-state index >= 15 is 0 Å². The summed E-state index contributed by atoms with van der Waals surface area (Å²) in [4.78, 5) is 12.5. The SMILES string of the molecule is CCOc1ccnc(CS(=O)C2N=c3ccc(C(F)(F)F)cc3=N2)c1C. The molecule has 1 aromatic carbocycles. The van der Waals surface area contributed by atoms with Crippen LogP contribution in [0.25, 0.3) is 0 Å². The van der Waals surface area contributed by atoms with Crippen LogP contribution in [0.15, 0.2) is 40.4 Å². The first-order valence-corrected chi connectivity index (χ1v) is 9.25. The number of benzene rings is 1. The minimum Gasteiger partial charge on any atom is -0.493 e. The zero-order chi connectivity index (χ0) is 18.9. The molecule has 3 rings (SSSR count). The van der Waals surface area contributed by atoms with E-state index in [0.717, 1.165) is 17.7 Å². The Labute approximate surface area is 150 Å². The minimum atomic E-state index is -4.46. The number of alkyl halides is 3. The van der Waals surface area contributed by atoms with E-state index in [1.807, 2.05) is 13.8 Å². The number of halogens is 3. The van der Waals surface area contributed by atoms with Crippen LogP contribution in [-0.2, 0) is 22.7 Å². The van der Waals surface area contributed by atoms with Gasteiger partial charge in [0, 0.05) is 11.8 Å². The van der Waals surface area contributed by atoms with Gasteiger partial charge in [0.2, 0.25) is 5.50 Å². The maximum absolute atomic E-state index is 12.8. The summed E-state index contributed by atoms with van der Waals surface area (Å²) in [5.74, 6) is 0.748. The van der Waals surface area contributed by atoms with E-state index in [0.29, 0.717) is 23.4 Å². The zero-order valence-corrected chi connectivity index (χ0v) is 14.9. The van der Waals surface area contributed by atoms with Gasteiger partial charge >= 0.3 is 6.18 Å². The fourth-order valence-electron chi connectivity index (χ4n) is 2.52. The maximum Gasteiger partial charge on any atom is 0.416 e. The Morgan fingerprint density at radius 3 is 2.62 bits per heavy atom. The molecule has 0 saturated carbocycles. The average Bonchev–Trinajstić information content (AvgIpc) is 3.01. The van der Waals surface area contributed by atoms with Gasteiger partial charge in [-0.1, -0.05) is 0 Å². The lowest BCUT2D eigenvalue weighted by Crippen LogP contribution is -2.23. The number of hydrogen-bond donors (Lipinski definition) is 0. The molecule has 0 fully saturated rings. The topological polar surface area (TPSA) is 63.9 Å². The second-order valence-corrected chi connectivity index (χ2v) is 7.10. The molecule has 0 aliphatic carbocycles. The molecule has 9 heteroatoms. The first-order chi connectivity index (χ1) is 12.3. The Hall–Kier alpha value is -2.29. The van der Waals surface area contributed by atoms with Gasteiger partial charge in [-0.05, 0) is 38.1 Å². The first kappa shape index (κ1) is 18.5. The lowest BCUT2D eigenvalue weighted by atomic mass is 10.2. The van der Waals surface area contributed by atoms with E-state index in [4.69, 9.17) is 4.74 Å². The molecule has 1 aliphatic heterocycles. The first-order valence-electron chi connectivity index (χ1n) is 7.87. The van der Waals surface area contributed by atoms with Gasteiger partial charge in [0.05, 0.1) is 45.1 Å². The van der Waals surface area contributed by atoms with Crippen molar-refractivity contribution in [3.8, 4) is 5.75 Å². The Bertz CT molecular complexity index is 976. The maximum atomic E-state index is 12.8. The van der Waals surface area contributed by atoms with Gasteiger partial charge in [0.25, 0.3) is 0 Å². The molecule has 2 aromatic rings. The van der Waals surface area contributed by atoms with E-state index in [1.165, 1.54) is 6.07 Å². The summed E-state index contributed by atoms with van der Waals surface area (Å²) in [7, 11) is -1.56. The van der Waals surface area contributed by atoms with Gasteiger partial charge in [-0.3, -0.25) is 9.19 Å². The number of fused-ring (bicyclic) bond motifs is 1. The van der Waals surface area contributed by atoms with Gasteiger partial charge in [0.15, 0.2) is 0 Å². The highest BCUT2D eigenvalue weighted by Gasteiger charge is 2.31. The molecule has 0 amide bonds. The molecule has 0 saturated heterocycles. The van der Waals surface area contributed by atoms with Gasteiger partial charge < -0.3 is 4.74 Å². The predicted molar refractivity (Wildman–Crippen MR) is 89.5 cm³/mol. The fourth-order valence-corrected chi connectivity index (χ4v) is 3.69. The third kappa shape index (κ3) is 3.77. The van der Waals surface area contributed by atoms with Crippen LogP contribution in [0.3, 0.4) is 0 Å². The molecule has 2 atom stereocenters. The summed E-state index contributed by atoms with van der Waals surface area (Å²) in [5.41, 5.74) is -0.377. The number of rotatable bonds is 5. The highest BCUT2D eigenvalue weighted by molar-refractivity contribution is 7.84. The average molecular weight is 383 g/mol. The van der Waals surface area contributed by atoms with E-state index in [2.05, 4.69) is 15.0 Å². The van der Waals surface area contributed by atoms with Crippen LogP contribution in [0.4, 0.5) is 13.2 Å². The summed E-state index contributed by atoms with van der Waals surface area (Å²) in [6, 6.07) is 4.85. The normalized spacial score (nSPS) is 17.2. The fraction of sp³-hybridized carbons (Fsp3) is 0.353. The van der Waals surface area contributed by atoms with Crippen molar-refractivity contribution in [3.63, 3.8) is 0 Å². The van der Waals surface area contributed by atoms with Crippen LogP contribution in [0.5, 0.6) is 5.75 Å². The third-order valence-electron chi connectivity index (χ3n) is 3.87. The van der Waals surface area contributed by atoms with Gasteiger partial charge in [0.1, 0.15) is 5.75 Å². The molecule has 2 unspecified atom stereocenters. The molecular formula is C17H16F3N3O2S. The quantitative estimate of drug-likeness (QED) is 0.796. The van der Waals surface area contributed by atoms with Crippen LogP contribution in [0.2, 0.25) is 0 Å². The van der Waals surface area contributed by atoms with Crippen LogP contribution < -0.4 is 15.5 Å². The molecule has 5 nitrogen and oxygen atoms in total. The predicted octanol–water partition coefficient (Wildman–Crippen LogP) is 2.29. The summed E-state index contributed by atoms with van der Waals surface area (Å²) < 4.78 is 56.5. The molecule has 0 spiro atoms. The molecule has 138 valence electrons. The lowest BCUT2D eigenvalue weighted by Gasteiger charge is -2.11. The molecule has 26 heavy (non-hydrogen) atoms. The third-order valence-corrected chi connectivity index (χ3v) is 5.11. The number of hydrogen-bond acceptors (Lipinski definition) is 5. The van der Waals surface area contributed by atoms with Crippen LogP contribution in [-0.4, -0.2) is 21.3 Å². The molecular weight excluding hydrogens is 367 g/mol. The smallest absolute Gasteiger partial charge is 0.416 e. The molecule has 2 heterocycles. The van der Waals surface area contributed by atoms with E-state index < -0.39 is 28.0 Å². The van der Waals surface area contributed by atoms with Crippen molar-refractivity contribution in [2.45, 2.75) is 31.3 Å². The summed E-state index contributed by atoms with van der Waals surface area (Å²) in [6.45, 7) is 4.18. The number of ether oxygens (including phenoxy) is 1. The Balaban J connectivity index is 1.83. The molecule has 1 aromatic heterocycles. The molecule has 0 bridgehead atoms. The van der Waals surface area contributed by atoms with Crippen molar-refractivity contribution in [1.82, 2.24) is 4.98 Å². The largest absolute Gasteiger partial charge is 0.493 e. The van der Waals surface area contributed by atoms with Crippen LogP contribution >= 0.6 is 0 Å². The number of aromatic nitrogens is 1. The second-order valence-electron chi connectivity index (χ2n) is 5.62. The van der Waals surface area contributed by atoms with Crippen molar-refractivity contribution in [2.24, 2.45) is 9.98 Å². The minimum absolute atomic E-state index is 0.0878. The van der Waals surface area contributed by atoms with E-state index in [9.17, 15) is 17.4 Å².